The number of carbonyl (C=O) groups is 3. The number of anilines is 1. The highest BCUT2D eigenvalue weighted by Gasteiger charge is 2.73. The maximum Gasteiger partial charge on any atom is 0.244 e. The molecule has 1 aromatic rings. The average Bonchev–Trinajstić information content (AvgIpc) is 3.52. The number of nitrogens with one attached hydrogen (secondary N) is 2. The number of carbonyl (C=O) groups excluding carboxylic acids is 3. The Hall–Kier alpha value is -2.26. The van der Waals surface area contributed by atoms with E-state index in [-0.39, 0.29) is 35.6 Å². The first kappa shape index (κ1) is 25.4. The third kappa shape index (κ3) is 4.49. The van der Waals surface area contributed by atoms with Gasteiger partial charge in [0.1, 0.15) is 11.8 Å². The highest BCUT2D eigenvalue weighted by molar-refractivity contribution is 8.02. The van der Waals surface area contributed by atoms with Crippen molar-refractivity contribution in [1.29, 1.82) is 0 Å². The number of hydrogen-bond donors (Lipinski definition) is 3. The lowest BCUT2D eigenvalue weighted by molar-refractivity contribution is -0.139. The first-order valence-corrected chi connectivity index (χ1v) is 14.3. The molecular formula is C27H37N3O5S. The van der Waals surface area contributed by atoms with Crippen molar-refractivity contribution in [2.45, 2.75) is 80.4 Å². The zero-order chi connectivity index (χ0) is 25.3. The standard InChI is InChI=1S/C27H37N3O5S/c1-2-35-19-11-9-18(10-12-19)28-24(32)21-20-13-14-27(36-20)22(21)26(34)30(15-6-16-31)23(27)25(33)29-17-7-4-3-5-8-17/h9-12,17,20-23,31H,2-8,13-16H2,1H3,(H,28,32)(H,29,33)/t20-,21+,22+,23?,27?/m1/s1. The van der Waals surface area contributed by atoms with Crippen molar-refractivity contribution >= 4 is 35.2 Å². The number of hydrogen-bond acceptors (Lipinski definition) is 6. The van der Waals surface area contributed by atoms with Gasteiger partial charge in [0.2, 0.25) is 17.7 Å². The molecule has 5 atom stereocenters. The maximum absolute atomic E-state index is 13.8. The third-order valence-electron chi connectivity index (χ3n) is 8.29. The Morgan fingerprint density at radius 3 is 2.58 bits per heavy atom. The minimum atomic E-state index is -0.596. The van der Waals surface area contributed by atoms with Crippen LogP contribution in [0.1, 0.15) is 58.3 Å². The monoisotopic (exact) mass is 515 g/mol. The van der Waals surface area contributed by atoms with Crippen LogP contribution in [-0.2, 0) is 14.4 Å². The largest absolute Gasteiger partial charge is 0.494 e. The zero-order valence-corrected chi connectivity index (χ0v) is 21.7. The van der Waals surface area contributed by atoms with Gasteiger partial charge in [0.05, 0.1) is 23.2 Å². The van der Waals surface area contributed by atoms with Gasteiger partial charge in [-0.1, -0.05) is 19.3 Å². The maximum atomic E-state index is 13.8. The summed E-state index contributed by atoms with van der Waals surface area (Å²) in [6, 6.07) is 6.81. The van der Waals surface area contributed by atoms with Crippen molar-refractivity contribution in [3.63, 3.8) is 0 Å². The number of fused-ring (bicyclic) bond motifs is 1. The van der Waals surface area contributed by atoms with Gasteiger partial charge in [0.25, 0.3) is 0 Å². The summed E-state index contributed by atoms with van der Waals surface area (Å²) in [7, 11) is 0. The highest BCUT2D eigenvalue weighted by Crippen LogP contribution is 2.66. The topological polar surface area (TPSA) is 108 Å². The summed E-state index contributed by atoms with van der Waals surface area (Å²) in [5.41, 5.74) is 0.666. The Labute approximate surface area is 216 Å². The van der Waals surface area contributed by atoms with E-state index in [0.717, 1.165) is 44.3 Å². The number of thioether (sulfide) groups is 1. The molecule has 8 nitrogen and oxygen atoms in total. The SMILES string of the molecule is CCOc1ccc(NC(=O)[C@@H]2[C@H]3C(=O)N(CCCO)C(C(=O)NC4CCCCC4)C34CC[C@H]2S4)cc1. The fourth-order valence-corrected chi connectivity index (χ4v) is 9.01. The number of rotatable bonds is 9. The lowest BCUT2D eigenvalue weighted by Gasteiger charge is -2.35. The Kier molecular flexibility index (Phi) is 7.49. The number of aliphatic hydroxyl groups is 1. The number of likely N-dealkylation sites (tertiary alicyclic amines) is 1. The van der Waals surface area contributed by atoms with Gasteiger partial charge in [0, 0.05) is 30.1 Å². The molecule has 0 aromatic heterocycles. The summed E-state index contributed by atoms with van der Waals surface area (Å²) in [5, 5.41) is 15.8. The van der Waals surface area contributed by atoms with Crippen molar-refractivity contribution < 1.29 is 24.2 Å². The minimum Gasteiger partial charge on any atom is -0.494 e. The second-order valence-electron chi connectivity index (χ2n) is 10.5. The van der Waals surface area contributed by atoms with Gasteiger partial charge in [-0.05, 0) is 63.3 Å². The van der Waals surface area contributed by atoms with Gasteiger partial charge < -0.3 is 25.4 Å². The van der Waals surface area contributed by atoms with Crippen LogP contribution in [0.15, 0.2) is 24.3 Å². The van der Waals surface area contributed by atoms with E-state index in [9.17, 15) is 19.5 Å². The number of amides is 3. The van der Waals surface area contributed by atoms with Gasteiger partial charge >= 0.3 is 0 Å². The van der Waals surface area contributed by atoms with Crippen LogP contribution in [0.4, 0.5) is 5.69 Å². The number of nitrogens with zero attached hydrogens (tertiary/aromatic N) is 1. The first-order valence-electron chi connectivity index (χ1n) is 13.4. The minimum absolute atomic E-state index is 0.0200. The lowest BCUT2D eigenvalue weighted by Crippen LogP contribution is -2.55. The molecule has 196 valence electrons. The highest BCUT2D eigenvalue weighted by atomic mass is 32.2. The molecule has 4 fully saturated rings. The summed E-state index contributed by atoms with van der Waals surface area (Å²) >= 11 is 1.68. The quantitative estimate of drug-likeness (QED) is 0.467. The van der Waals surface area contributed by atoms with E-state index in [4.69, 9.17) is 4.74 Å². The predicted molar refractivity (Wildman–Crippen MR) is 139 cm³/mol. The molecule has 3 amide bonds. The van der Waals surface area contributed by atoms with Crippen LogP contribution in [0.25, 0.3) is 0 Å². The van der Waals surface area contributed by atoms with E-state index in [2.05, 4.69) is 10.6 Å². The van der Waals surface area contributed by atoms with Crippen LogP contribution in [0.3, 0.4) is 0 Å². The van der Waals surface area contributed by atoms with Crippen molar-refractivity contribution in [3.8, 4) is 5.75 Å². The third-order valence-corrected chi connectivity index (χ3v) is 10.2. The summed E-state index contributed by atoms with van der Waals surface area (Å²) in [4.78, 5) is 42.8. The molecule has 3 N–H and O–H groups in total. The zero-order valence-electron chi connectivity index (χ0n) is 20.9. The van der Waals surface area contributed by atoms with Gasteiger partial charge in [-0.15, -0.1) is 11.8 Å². The van der Waals surface area contributed by atoms with E-state index in [1.165, 1.54) is 6.42 Å². The second-order valence-corrected chi connectivity index (χ2v) is 12.1. The summed E-state index contributed by atoms with van der Waals surface area (Å²) in [5.74, 6) is -0.629. The van der Waals surface area contributed by atoms with Crippen LogP contribution in [-0.4, -0.2) is 69.6 Å². The average molecular weight is 516 g/mol. The molecule has 0 radical (unpaired) electrons. The molecular weight excluding hydrogens is 478 g/mol. The fraction of sp³-hybridized carbons (Fsp3) is 0.667. The van der Waals surface area contributed by atoms with E-state index in [0.29, 0.717) is 25.3 Å². The second kappa shape index (κ2) is 10.6. The molecule has 3 aliphatic heterocycles. The van der Waals surface area contributed by atoms with E-state index >= 15 is 0 Å². The Balaban J connectivity index is 1.37. The fourth-order valence-electron chi connectivity index (χ4n) is 6.79. The van der Waals surface area contributed by atoms with Crippen LogP contribution in [0.5, 0.6) is 5.75 Å². The van der Waals surface area contributed by atoms with Crippen LogP contribution in [0, 0.1) is 11.8 Å². The molecule has 3 saturated heterocycles. The van der Waals surface area contributed by atoms with Gasteiger partial charge in [-0.25, -0.2) is 0 Å². The van der Waals surface area contributed by atoms with Crippen LogP contribution >= 0.6 is 11.8 Å². The van der Waals surface area contributed by atoms with Crippen molar-refractivity contribution in [3.05, 3.63) is 24.3 Å². The first-order chi connectivity index (χ1) is 17.5. The smallest absolute Gasteiger partial charge is 0.244 e. The number of ether oxygens (including phenoxy) is 1. The molecule has 36 heavy (non-hydrogen) atoms. The van der Waals surface area contributed by atoms with E-state index in [1.807, 2.05) is 31.2 Å². The molecule has 4 aliphatic rings. The molecule has 2 bridgehead atoms. The molecule has 1 saturated carbocycles. The molecule has 9 heteroatoms. The summed E-state index contributed by atoms with van der Waals surface area (Å²) < 4.78 is 4.90. The molecule has 3 heterocycles. The number of aliphatic hydroxyl groups excluding tert-OH is 1. The Morgan fingerprint density at radius 2 is 1.89 bits per heavy atom. The van der Waals surface area contributed by atoms with Crippen molar-refractivity contribution in [2.75, 3.05) is 25.1 Å². The van der Waals surface area contributed by atoms with Gasteiger partial charge in [0.15, 0.2) is 0 Å². The molecule has 5 rings (SSSR count). The number of benzene rings is 1. The van der Waals surface area contributed by atoms with Crippen molar-refractivity contribution in [2.24, 2.45) is 11.8 Å². The summed E-state index contributed by atoms with van der Waals surface area (Å²) in [6.45, 7) is 2.77. The Bertz CT molecular complexity index is 982. The van der Waals surface area contributed by atoms with Crippen LogP contribution < -0.4 is 15.4 Å². The normalized spacial score (nSPS) is 31.4. The molecule has 2 unspecified atom stereocenters. The van der Waals surface area contributed by atoms with E-state index in [1.54, 1.807) is 16.7 Å². The Morgan fingerprint density at radius 1 is 1.14 bits per heavy atom. The molecule has 1 spiro atoms. The predicted octanol–water partition coefficient (Wildman–Crippen LogP) is 2.95. The van der Waals surface area contributed by atoms with Gasteiger partial charge in [-0.2, -0.15) is 0 Å². The summed E-state index contributed by atoms with van der Waals surface area (Å²) in [6.07, 6.45) is 7.36. The van der Waals surface area contributed by atoms with Gasteiger partial charge in [-0.3, -0.25) is 14.4 Å². The van der Waals surface area contributed by atoms with Crippen molar-refractivity contribution in [1.82, 2.24) is 10.2 Å². The molecule has 1 aromatic carbocycles. The molecule has 1 aliphatic carbocycles. The van der Waals surface area contributed by atoms with Crippen LogP contribution in [0.2, 0.25) is 0 Å². The van der Waals surface area contributed by atoms with E-state index < -0.39 is 22.6 Å². The lowest BCUT2D eigenvalue weighted by atomic mass is 9.70.